The van der Waals surface area contributed by atoms with Crippen LogP contribution in [0.1, 0.15) is 51.8 Å². The first-order valence-corrected chi connectivity index (χ1v) is 14.8. The summed E-state index contributed by atoms with van der Waals surface area (Å²) in [5.74, 6) is -0.0815. The minimum Gasteiger partial charge on any atom is -0.491 e. The fourth-order valence-electron chi connectivity index (χ4n) is 4.40. The zero-order valence-corrected chi connectivity index (χ0v) is 25.8. The quantitative estimate of drug-likeness (QED) is 0.304. The number of allylic oxidation sites excluding steroid dienone is 1. The van der Waals surface area contributed by atoms with Crippen LogP contribution in [0.5, 0.6) is 11.5 Å². The van der Waals surface area contributed by atoms with Crippen LogP contribution < -0.4 is 24.4 Å². The molecule has 9 nitrogen and oxygen atoms in total. The first kappa shape index (κ1) is 30.3. The fraction of sp³-hybridized carbons (Fsp3) is 0.333. The number of esters is 2. The van der Waals surface area contributed by atoms with Gasteiger partial charge in [0.1, 0.15) is 17.5 Å². The number of nitrogens with zero attached hydrogens (tertiary/aromatic N) is 2. The largest absolute Gasteiger partial charge is 0.491 e. The fourth-order valence-corrected chi connectivity index (χ4v) is 5.81. The lowest BCUT2D eigenvalue weighted by Gasteiger charge is -2.26. The minimum atomic E-state index is -0.815. The second kappa shape index (κ2) is 13.3. The first-order valence-electron chi connectivity index (χ1n) is 13.2. The van der Waals surface area contributed by atoms with E-state index in [4.69, 9.17) is 18.9 Å². The lowest BCUT2D eigenvalue weighted by atomic mass is 9.95. The Morgan fingerprint density at radius 3 is 2.54 bits per heavy atom. The smallest absolute Gasteiger partial charge is 0.344 e. The van der Waals surface area contributed by atoms with E-state index in [0.717, 1.165) is 4.47 Å². The van der Waals surface area contributed by atoms with Crippen LogP contribution in [0.25, 0.3) is 6.08 Å². The Morgan fingerprint density at radius 2 is 1.83 bits per heavy atom. The van der Waals surface area contributed by atoms with E-state index in [9.17, 15) is 14.4 Å². The van der Waals surface area contributed by atoms with Gasteiger partial charge in [-0.05, 0) is 65.0 Å². The van der Waals surface area contributed by atoms with Crippen molar-refractivity contribution in [1.29, 1.82) is 0 Å². The number of carbonyl (C=O) groups is 2. The van der Waals surface area contributed by atoms with Crippen molar-refractivity contribution in [3.05, 3.63) is 89.0 Å². The number of hydrogen-bond donors (Lipinski definition) is 0. The van der Waals surface area contributed by atoms with Crippen LogP contribution in [-0.4, -0.2) is 42.4 Å². The zero-order chi connectivity index (χ0) is 29.7. The molecule has 1 atom stereocenters. The average Bonchev–Trinajstić information content (AvgIpc) is 3.22. The molecule has 1 aromatic heterocycles. The number of halogens is 1. The Kier molecular flexibility index (Phi) is 9.82. The second-order valence-electron chi connectivity index (χ2n) is 9.28. The number of ether oxygens (including phenoxy) is 4. The van der Waals surface area contributed by atoms with Crippen LogP contribution >= 0.6 is 27.3 Å². The summed E-state index contributed by atoms with van der Waals surface area (Å²) < 4.78 is 24.8. The molecule has 1 aliphatic heterocycles. The molecule has 0 fully saturated rings. The van der Waals surface area contributed by atoms with E-state index in [2.05, 4.69) is 20.9 Å². The Balaban J connectivity index is 1.90. The third-order valence-electron chi connectivity index (χ3n) is 6.00. The molecule has 11 heteroatoms. The molecule has 41 heavy (non-hydrogen) atoms. The predicted octanol–water partition coefficient (Wildman–Crippen LogP) is 4.29. The van der Waals surface area contributed by atoms with Crippen LogP contribution in [0.2, 0.25) is 0 Å². The van der Waals surface area contributed by atoms with E-state index in [-0.39, 0.29) is 37.1 Å². The highest BCUT2D eigenvalue weighted by Gasteiger charge is 2.35. The summed E-state index contributed by atoms with van der Waals surface area (Å²) in [6.45, 7) is 9.16. The zero-order valence-electron chi connectivity index (χ0n) is 23.4. The molecular formula is C30H31BrN2O7S. The topological polar surface area (TPSA) is 105 Å². The Labute approximate surface area is 249 Å². The standard InChI is InChI=1S/C30H31BrN2O7S/c1-6-37-25(34)16-39-22-13-12-20(31)14-19(22)15-24-28(35)33-27(21-10-8-9-11-23(21)40-17(3)4)26(29(36)38-7-2)18(5)32-30(33)41-24/h8-15,17,27H,6-7,16H2,1-5H3. The molecule has 0 saturated heterocycles. The van der Waals surface area contributed by atoms with Gasteiger partial charge in [-0.25, -0.2) is 14.6 Å². The van der Waals surface area contributed by atoms with Gasteiger partial charge in [0.2, 0.25) is 0 Å². The number of aromatic nitrogens is 1. The van der Waals surface area contributed by atoms with Gasteiger partial charge in [-0.1, -0.05) is 45.5 Å². The number of thiazole rings is 1. The van der Waals surface area contributed by atoms with Crippen molar-refractivity contribution in [2.24, 2.45) is 4.99 Å². The third-order valence-corrected chi connectivity index (χ3v) is 7.48. The summed E-state index contributed by atoms with van der Waals surface area (Å²) in [6, 6.07) is 11.8. The number of hydrogen-bond acceptors (Lipinski definition) is 9. The van der Waals surface area contributed by atoms with Crippen molar-refractivity contribution >= 4 is 45.3 Å². The molecule has 0 N–H and O–H groups in total. The molecule has 4 rings (SSSR count). The van der Waals surface area contributed by atoms with Gasteiger partial charge < -0.3 is 18.9 Å². The van der Waals surface area contributed by atoms with Crippen molar-refractivity contribution in [3.63, 3.8) is 0 Å². The maximum atomic E-state index is 14.1. The van der Waals surface area contributed by atoms with Crippen LogP contribution in [0, 0.1) is 0 Å². The third kappa shape index (κ3) is 6.79. The Morgan fingerprint density at radius 1 is 1.10 bits per heavy atom. The maximum absolute atomic E-state index is 14.1. The highest BCUT2D eigenvalue weighted by molar-refractivity contribution is 9.10. The molecular weight excluding hydrogens is 612 g/mol. The van der Waals surface area contributed by atoms with Crippen molar-refractivity contribution < 1.29 is 28.5 Å². The van der Waals surface area contributed by atoms with Crippen molar-refractivity contribution in [2.45, 2.75) is 46.8 Å². The molecule has 1 unspecified atom stereocenters. The Bertz CT molecular complexity index is 1670. The van der Waals surface area contributed by atoms with Crippen LogP contribution in [-0.2, 0) is 19.1 Å². The molecule has 0 aliphatic carbocycles. The van der Waals surface area contributed by atoms with E-state index in [0.29, 0.717) is 37.7 Å². The molecule has 1 aliphatic rings. The predicted molar refractivity (Wildman–Crippen MR) is 159 cm³/mol. The van der Waals surface area contributed by atoms with Crippen LogP contribution in [0.4, 0.5) is 0 Å². The van der Waals surface area contributed by atoms with E-state index >= 15 is 0 Å². The minimum absolute atomic E-state index is 0.132. The number of para-hydroxylation sites is 1. The van der Waals surface area contributed by atoms with Gasteiger partial charge >= 0.3 is 11.9 Å². The monoisotopic (exact) mass is 642 g/mol. The summed E-state index contributed by atoms with van der Waals surface area (Å²) in [5, 5.41) is 0. The summed E-state index contributed by atoms with van der Waals surface area (Å²) in [4.78, 5) is 44.2. The number of benzene rings is 2. The summed E-state index contributed by atoms with van der Waals surface area (Å²) in [6.07, 6.45) is 1.55. The van der Waals surface area contributed by atoms with Gasteiger partial charge in [-0.2, -0.15) is 0 Å². The highest BCUT2D eigenvalue weighted by atomic mass is 79.9. The average molecular weight is 644 g/mol. The van der Waals surface area contributed by atoms with E-state index in [1.54, 1.807) is 45.0 Å². The second-order valence-corrected chi connectivity index (χ2v) is 11.2. The van der Waals surface area contributed by atoms with Crippen LogP contribution in [0.3, 0.4) is 0 Å². The summed E-state index contributed by atoms with van der Waals surface area (Å²) >= 11 is 4.66. The van der Waals surface area contributed by atoms with Gasteiger partial charge in [0, 0.05) is 15.6 Å². The number of fused-ring (bicyclic) bond motifs is 1. The van der Waals surface area contributed by atoms with Gasteiger partial charge in [0.15, 0.2) is 11.4 Å². The summed E-state index contributed by atoms with van der Waals surface area (Å²) in [5.41, 5.74) is 1.61. The molecule has 0 amide bonds. The molecule has 0 radical (unpaired) electrons. The van der Waals surface area contributed by atoms with Gasteiger partial charge in [0.05, 0.1) is 35.1 Å². The maximum Gasteiger partial charge on any atom is 0.344 e. The number of carbonyl (C=O) groups excluding carboxylic acids is 2. The van der Waals surface area contributed by atoms with Crippen molar-refractivity contribution in [2.75, 3.05) is 19.8 Å². The van der Waals surface area contributed by atoms with Crippen LogP contribution in [0.15, 0.2) is 68.0 Å². The number of rotatable bonds is 10. The normalized spacial score (nSPS) is 14.9. The lowest BCUT2D eigenvalue weighted by Crippen LogP contribution is -2.40. The molecule has 0 saturated carbocycles. The van der Waals surface area contributed by atoms with E-state index in [1.165, 1.54) is 15.9 Å². The molecule has 216 valence electrons. The van der Waals surface area contributed by atoms with E-state index < -0.39 is 18.0 Å². The molecule has 3 aromatic rings. The molecule has 2 aromatic carbocycles. The summed E-state index contributed by atoms with van der Waals surface area (Å²) in [7, 11) is 0. The highest BCUT2D eigenvalue weighted by Crippen LogP contribution is 2.36. The first-order chi connectivity index (χ1) is 19.6. The molecule has 0 bridgehead atoms. The van der Waals surface area contributed by atoms with Crippen molar-refractivity contribution in [3.8, 4) is 11.5 Å². The van der Waals surface area contributed by atoms with Gasteiger partial charge in [-0.15, -0.1) is 0 Å². The van der Waals surface area contributed by atoms with E-state index in [1.807, 2.05) is 38.1 Å². The molecule has 0 spiro atoms. The van der Waals surface area contributed by atoms with Gasteiger partial charge in [0.25, 0.3) is 5.56 Å². The van der Waals surface area contributed by atoms with Gasteiger partial charge in [-0.3, -0.25) is 9.36 Å². The van der Waals surface area contributed by atoms with Crippen molar-refractivity contribution in [1.82, 2.24) is 4.57 Å². The Hall–Kier alpha value is -3.70. The SMILES string of the molecule is CCOC(=O)COc1ccc(Br)cc1C=c1sc2n(c1=O)C(c1ccccc1OC(C)C)C(C(=O)OCC)=C(C)N=2. The molecule has 2 heterocycles. The lowest BCUT2D eigenvalue weighted by molar-refractivity contribution is -0.145.